The van der Waals surface area contributed by atoms with E-state index in [1.54, 1.807) is 0 Å². The molecule has 0 bridgehead atoms. The Kier molecular flexibility index (Phi) is 2.26. The van der Waals surface area contributed by atoms with Crippen molar-refractivity contribution in [2.45, 2.75) is 25.4 Å². The van der Waals surface area contributed by atoms with Crippen molar-refractivity contribution in [1.82, 2.24) is 4.98 Å². The highest BCUT2D eigenvalue weighted by Gasteiger charge is 2.21. The van der Waals surface area contributed by atoms with Crippen molar-refractivity contribution >= 4 is 16.7 Å². The van der Waals surface area contributed by atoms with Crippen molar-refractivity contribution in [3.63, 3.8) is 0 Å². The molecule has 82 valence electrons. The number of rotatable bonds is 3. The number of nitrogens with one attached hydrogen (secondary N) is 1. The van der Waals surface area contributed by atoms with Crippen molar-refractivity contribution in [2.75, 3.05) is 5.32 Å². The predicted molar refractivity (Wildman–Crippen MR) is 66.3 cm³/mol. The Balaban J connectivity index is 2.09. The number of benzene rings is 1. The molecule has 0 amide bonds. The summed E-state index contributed by atoms with van der Waals surface area (Å²) in [6.45, 7) is 0.558. The average Bonchev–Trinajstić information content (AvgIpc) is 3.12. The molecule has 0 atom stereocenters. The molecule has 0 radical (unpaired) electrons. The lowest BCUT2D eigenvalue weighted by molar-refractivity contribution is 1.07. The molecule has 0 unspecified atom stereocenters. The second-order valence-electron chi connectivity index (χ2n) is 4.31. The summed E-state index contributed by atoms with van der Waals surface area (Å²) in [6.07, 6.45) is 2.51. The molecule has 1 aliphatic rings. The van der Waals surface area contributed by atoms with Gasteiger partial charge in [0, 0.05) is 18.0 Å². The quantitative estimate of drug-likeness (QED) is 0.822. The zero-order chi connectivity index (χ0) is 11.0. The van der Waals surface area contributed by atoms with Gasteiger partial charge in [-0.15, -0.1) is 0 Å². The van der Waals surface area contributed by atoms with Crippen molar-refractivity contribution in [3.8, 4) is 0 Å². The molecule has 0 saturated heterocycles. The van der Waals surface area contributed by atoms with E-state index in [2.05, 4.69) is 22.4 Å². The van der Waals surface area contributed by atoms with Gasteiger partial charge in [-0.2, -0.15) is 0 Å². The summed E-state index contributed by atoms with van der Waals surface area (Å²) in [4.78, 5) is 4.60. The van der Waals surface area contributed by atoms with Crippen LogP contribution in [-0.4, -0.2) is 11.0 Å². The van der Waals surface area contributed by atoms with Crippen LogP contribution in [-0.2, 0) is 6.54 Å². The topological polar surface area (TPSA) is 50.9 Å². The van der Waals surface area contributed by atoms with E-state index >= 15 is 0 Å². The van der Waals surface area contributed by atoms with Crippen LogP contribution in [0.3, 0.4) is 0 Å². The molecule has 3 nitrogen and oxygen atoms in total. The maximum Gasteiger partial charge on any atom is 0.127 e. The molecule has 0 aliphatic heterocycles. The standard InChI is InChI=1S/C13H15N3/c14-8-9-7-13(15-10-5-6-10)16-12-4-2-1-3-11(9)12/h1-4,7,10H,5-6,8,14H2,(H,15,16). The third-order valence-electron chi connectivity index (χ3n) is 2.95. The van der Waals surface area contributed by atoms with E-state index in [4.69, 9.17) is 5.73 Å². The molecule has 1 aromatic heterocycles. The lowest BCUT2D eigenvalue weighted by Gasteiger charge is -2.09. The van der Waals surface area contributed by atoms with Crippen molar-refractivity contribution in [1.29, 1.82) is 0 Å². The van der Waals surface area contributed by atoms with E-state index in [9.17, 15) is 0 Å². The van der Waals surface area contributed by atoms with Gasteiger partial charge < -0.3 is 11.1 Å². The van der Waals surface area contributed by atoms with Crippen LogP contribution in [0, 0.1) is 0 Å². The highest BCUT2D eigenvalue weighted by molar-refractivity contribution is 5.84. The maximum absolute atomic E-state index is 5.78. The Labute approximate surface area is 94.7 Å². The van der Waals surface area contributed by atoms with Gasteiger partial charge in [0.2, 0.25) is 0 Å². The summed E-state index contributed by atoms with van der Waals surface area (Å²) in [5, 5.41) is 4.57. The Morgan fingerprint density at radius 1 is 1.31 bits per heavy atom. The zero-order valence-electron chi connectivity index (χ0n) is 9.11. The summed E-state index contributed by atoms with van der Waals surface area (Å²) in [6, 6.07) is 10.8. The van der Waals surface area contributed by atoms with Crippen LogP contribution in [0.25, 0.3) is 10.9 Å². The zero-order valence-corrected chi connectivity index (χ0v) is 9.11. The van der Waals surface area contributed by atoms with Gasteiger partial charge in [-0.25, -0.2) is 4.98 Å². The van der Waals surface area contributed by atoms with Gasteiger partial charge in [0.05, 0.1) is 5.52 Å². The fraction of sp³-hybridized carbons (Fsp3) is 0.308. The van der Waals surface area contributed by atoms with Crippen LogP contribution in [0.4, 0.5) is 5.82 Å². The highest BCUT2D eigenvalue weighted by Crippen LogP contribution is 2.26. The minimum absolute atomic E-state index is 0.558. The number of fused-ring (bicyclic) bond motifs is 1. The Morgan fingerprint density at radius 3 is 2.88 bits per heavy atom. The second kappa shape index (κ2) is 3.76. The normalized spacial score (nSPS) is 15.3. The van der Waals surface area contributed by atoms with Crippen molar-refractivity contribution in [2.24, 2.45) is 5.73 Å². The van der Waals surface area contributed by atoms with Gasteiger partial charge in [0.25, 0.3) is 0 Å². The van der Waals surface area contributed by atoms with Crippen LogP contribution in [0.1, 0.15) is 18.4 Å². The van der Waals surface area contributed by atoms with Gasteiger partial charge in [-0.1, -0.05) is 18.2 Å². The third kappa shape index (κ3) is 1.74. The summed E-state index contributed by atoms with van der Waals surface area (Å²) in [5.74, 6) is 0.960. The number of aromatic nitrogens is 1. The van der Waals surface area contributed by atoms with Crippen LogP contribution in [0.2, 0.25) is 0 Å². The molecule has 3 heteroatoms. The van der Waals surface area contributed by atoms with E-state index in [0.29, 0.717) is 12.6 Å². The number of nitrogens with two attached hydrogens (primary N) is 1. The fourth-order valence-corrected chi connectivity index (χ4v) is 1.93. The minimum atomic E-state index is 0.558. The fourth-order valence-electron chi connectivity index (χ4n) is 1.93. The van der Waals surface area contributed by atoms with E-state index in [0.717, 1.165) is 22.3 Å². The Hall–Kier alpha value is -1.61. The number of nitrogens with zero attached hydrogens (tertiary/aromatic N) is 1. The van der Waals surface area contributed by atoms with E-state index in [1.807, 2.05) is 18.2 Å². The summed E-state index contributed by atoms with van der Waals surface area (Å²) < 4.78 is 0. The third-order valence-corrected chi connectivity index (χ3v) is 2.95. The average molecular weight is 213 g/mol. The minimum Gasteiger partial charge on any atom is -0.367 e. The lowest BCUT2D eigenvalue weighted by Crippen LogP contribution is -2.06. The number of para-hydroxylation sites is 1. The molecule has 1 saturated carbocycles. The largest absolute Gasteiger partial charge is 0.367 e. The molecule has 1 aliphatic carbocycles. The lowest BCUT2D eigenvalue weighted by atomic mass is 10.1. The molecule has 3 rings (SSSR count). The summed E-state index contributed by atoms with van der Waals surface area (Å²) in [7, 11) is 0. The molecule has 1 aromatic carbocycles. The van der Waals surface area contributed by atoms with Gasteiger partial charge in [-0.3, -0.25) is 0 Å². The number of hydrogen-bond acceptors (Lipinski definition) is 3. The first-order valence-electron chi connectivity index (χ1n) is 5.72. The van der Waals surface area contributed by atoms with Gasteiger partial charge in [0.1, 0.15) is 5.82 Å². The van der Waals surface area contributed by atoms with Crippen LogP contribution >= 0.6 is 0 Å². The molecule has 1 fully saturated rings. The van der Waals surface area contributed by atoms with E-state index < -0.39 is 0 Å². The van der Waals surface area contributed by atoms with Gasteiger partial charge in [0.15, 0.2) is 0 Å². The van der Waals surface area contributed by atoms with Gasteiger partial charge in [-0.05, 0) is 30.5 Å². The van der Waals surface area contributed by atoms with Crippen LogP contribution in [0.5, 0.6) is 0 Å². The first-order valence-corrected chi connectivity index (χ1v) is 5.72. The van der Waals surface area contributed by atoms with Crippen molar-refractivity contribution in [3.05, 3.63) is 35.9 Å². The first kappa shape index (κ1) is 9.60. The molecule has 3 N–H and O–H groups in total. The monoisotopic (exact) mass is 213 g/mol. The second-order valence-corrected chi connectivity index (χ2v) is 4.31. The predicted octanol–water partition coefficient (Wildman–Crippen LogP) is 2.27. The molecule has 16 heavy (non-hydrogen) atoms. The Bertz CT molecular complexity index is 518. The molecular formula is C13H15N3. The summed E-state index contributed by atoms with van der Waals surface area (Å²) in [5.41, 5.74) is 7.96. The number of anilines is 1. The van der Waals surface area contributed by atoms with Crippen molar-refractivity contribution < 1.29 is 0 Å². The SMILES string of the molecule is NCc1cc(NC2CC2)nc2ccccc12. The van der Waals surface area contributed by atoms with E-state index in [-0.39, 0.29) is 0 Å². The summed E-state index contributed by atoms with van der Waals surface area (Å²) >= 11 is 0. The van der Waals surface area contributed by atoms with E-state index in [1.165, 1.54) is 12.8 Å². The maximum atomic E-state index is 5.78. The molecule has 2 aromatic rings. The number of pyridine rings is 1. The number of hydrogen-bond donors (Lipinski definition) is 2. The smallest absolute Gasteiger partial charge is 0.127 e. The van der Waals surface area contributed by atoms with Crippen LogP contribution in [0.15, 0.2) is 30.3 Å². The molecule has 1 heterocycles. The first-order chi connectivity index (χ1) is 7.86. The molecule has 0 spiro atoms. The van der Waals surface area contributed by atoms with Gasteiger partial charge >= 0.3 is 0 Å². The highest BCUT2D eigenvalue weighted by atomic mass is 15.0. The Morgan fingerprint density at radius 2 is 2.12 bits per heavy atom. The molecular weight excluding hydrogens is 198 g/mol. The van der Waals surface area contributed by atoms with Crippen LogP contribution < -0.4 is 11.1 Å².